The Kier molecular flexibility index (Phi) is 4.45. The molecule has 0 radical (unpaired) electrons. The molecule has 3 N–H and O–H groups in total. The fourth-order valence-corrected chi connectivity index (χ4v) is 3.02. The average Bonchev–Trinajstić information content (AvgIpc) is 2.42. The third kappa shape index (κ3) is 2.91. The van der Waals surface area contributed by atoms with Gasteiger partial charge in [0.15, 0.2) is 0 Å². The van der Waals surface area contributed by atoms with E-state index in [-0.39, 0.29) is 5.92 Å². The molecule has 4 nitrogen and oxygen atoms in total. The predicted octanol–water partition coefficient (Wildman–Crippen LogP) is 1.26. The zero-order chi connectivity index (χ0) is 13.9. The number of benzene rings is 1. The maximum Gasteiger partial charge on any atom is 0.119 e. The maximum absolute atomic E-state index is 11.1. The first-order valence-corrected chi connectivity index (χ1v) is 6.79. The first-order valence-electron chi connectivity index (χ1n) is 6.79. The Morgan fingerprint density at radius 1 is 1.42 bits per heavy atom. The van der Waals surface area contributed by atoms with Gasteiger partial charge in [0.2, 0.25) is 0 Å². The van der Waals surface area contributed by atoms with Crippen LogP contribution in [-0.4, -0.2) is 37.0 Å². The van der Waals surface area contributed by atoms with Gasteiger partial charge in [-0.15, -0.1) is 0 Å². The third-order valence-corrected chi connectivity index (χ3v) is 4.09. The Morgan fingerprint density at radius 3 is 2.89 bits per heavy atom. The van der Waals surface area contributed by atoms with E-state index in [9.17, 15) is 10.2 Å². The quantitative estimate of drug-likeness (QED) is 0.767. The third-order valence-electron chi connectivity index (χ3n) is 4.09. The van der Waals surface area contributed by atoms with Crippen molar-refractivity contribution < 1.29 is 14.9 Å². The minimum atomic E-state index is -0.991. The van der Waals surface area contributed by atoms with Crippen LogP contribution in [0.5, 0.6) is 5.75 Å². The Morgan fingerprint density at radius 2 is 2.21 bits per heavy atom. The number of hydrogen-bond donors (Lipinski definition) is 3. The Labute approximate surface area is 114 Å². The van der Waals surface area contributed by atoms with E-state index < -0.39 is 11.7 Å². The topological polar surface area (TPSA) is 61.7 Å². The van der Waals surface area contributed by atoms with Crippen molar-refractivity contribution in [3.8, 4) is 5.75 Å². The minimum Gasteiger partial charge on any atom is -0.497 e. The molecule has 0 spiro atoms. The summed E-state index contributed by atoms with van der Waals surface area (Å²) < 4.78 is 5.22. The van der Waals surface area contributed by atoms with Crippen molar-refractivity contribution >= 4 is 0 Å². The molecule has 0 saturated heterocycles. The molecule has 2 rings (SSSR count). The first-order chi connectivity index (χ1) is 9.10. The largest absolute Gasteiger partial charge is 0.497 e. The number of rotatable bonds is 4. The van der Waals surface area contributed by atoms with Gasteiger partial charge in [0.1, 0.15) is 5.75 Å². The Bertz CT molecular complexity index is 424. The van der Waals surface area contributed by atoms with Gasteiger partial charge < -0.3 is 20.3 Å². The van der Waals surface area contributed by atoms with Gasteiger partial charge in [0.25, 0.3) is 0 Å². The lowest BCUT2D eigenvalue weighted by Crippen LogP contribution is -2.46. The van der Waals surface area contributed by atoms with Crippen molar-refractivity contribution in [2.75, 3.05) is 20.7 Å². The summed E-state index contributed by atoms with van der Waals surface area (Å²) in [7, 11) is 3.50. The van der Waals surface area contributed by atoms with Gasteiger partial charge in [-0.05, 0) is 37.6 Å². The summed E-state index contributed by atoms with van der Waals surface area (Å²) >= 11 is 0. The highest BCUT2D eigenvalue weighted by atomic mass is 16.5. The number of hydrogen-bond acceptors (Lipinski definition) is 4. The molecular weight excluding hydrogens is 242 g/mol. The lowest BCUT2D eigenvalue weighted by atomic mass is 9.70. The molecule has 1 aromatic carbocycles. The summed E-state index contributed by atoms with van der Waals surface area (Å²) in [4.78, 5) is 0. The summed E-state index contributed by atoms with van der Waals surface area (Å²) in [6, 6.07) is 7.51. The molecule has 3 atom stereocenters. The molecule has 1 aliphatic carbocycles. The van der Waals surface area contributed by atoms with Crippen molar-refractivity contribution in [1.82, 2.24) is 5.32 Å². The second-order valence-corrected chi connectivity index (χ2v) is 5.35. The number of nitrogens with one attached hydrogen (secondary N) is 1. The molecule has 1 fully saturated rings. The van der Waals surface area contributed by atoms with E-state index in [1.807, 2.05) is 31.3 Å². The van der Waals surface area contributed by atoms with E-state index in [1.54, 1.807) is 7.11 Å². The van der Waals surface area contributed by atoms with E-state index in [4.69, 9.17) is 4.74 Å². The smallest absolute Gasteiger partial charge is 0.119 e. The fourth-order valence-electron chi connectivity index (χ4n) is 3.02. The highest BCUT2D eigenvalue weighted by Gasteiger charge is 2.43. The maximum atomic E-state index is 11.1. The van der Waals surface area contributed by atoms with Crippen LogP contribution >= 0.6 is 0 Å². The van der Waals surface area contributed by atoms with Gasteiger partial charge in [0, 0.05) is 18.9 Å². The number of methoxy groups -OCH3 is 1. The summed E-state index contributed by atoms with van der Waals surface area (Å²) in [6.45, 7) is 0.737. The molecule has 1 aliphatic rings. The van der Waals surface area contributed by atoms with Crippen molar-refractivity contribution in [3.05, 3.63) is 29.8 Å². The van der Waals surface area contributed by atoms with Crippen molar-refractivity contribution in [2.45, 2.75) is 31.0 Å². The molecule has 0 heterocycles. The normalized spacial score (nSPS) is 31.2. The van der Waals surface area contributed by atoms with Gasteiger partial charge in [-0.25, -0.2) is 0 Å². The monoisotopic (exact) mass is 265 g/mol. The number of aliphatic hydroxyl groups is 2. The van der Waals surface area contributed by atoms with E-state index in [2.05, 4.69) is 5.32 Å². The van der Waals surface area contributed by atoms with Crippen LogP contribution in [0.4, 0.5) is 0 Å². The van der Waals surface area contributed by atoms with Gasteiger partial charge in [-0.1, -0.05) is 12.1 Å². The second-order valence-electron chi connectivity index (χ2n) is 5.35. The molecule has 106 valence electrons. The van der Waals surface area contributed by atoms with Crippen LogP contribution in [0.3, 0.4) is 0 Å². The first kappa shape index (κ1) is 14.3. The number of ether oxygens (including phenoxy) is 1. The van der Waals surface area contributed by atoms with E-state index in [0.29, 0.717) is 6.42 Å². The zero-order valence-electron chi connectivity index (χ0n) is 11.6. The van der Waals surface area contributed by atoms with Crippen LogP contribution < -0.4 is 10.1 Å². The van der Waals surface area contributed by atoms with Crippen LogP contribution in [-0.2, 0) is 5.60 Å². The van der Waals surface area contributed by atoms with Crippen LogP contribution in [0.1, 0.15) is 24.8 Å². The molecule has 0 amide bonds. The van der Waals surface area contributed by atoms with Crippen molar-refractivity contribution in [1.29, 1.82) is 0 Å². The molecule has 0 aliphatic heterocycles. The SMILES string of the molecule is CNC[C@H]1CC[C@@H](O)C[C@]1(O)c1cccc(OC)c1. The summed E-state index contributed by atoms with van der Waals surface area (Å²) in [5, 5.41) is 24.1. The van der Waals surface area contributed by atoms with Crippen molar-refractivity contribution in [2.24, 2.45) is 5.92 Å². The van der Waals surface area contributed by atoms with Crippen LogP contribution in [0.25, 0.3) is 0 Å². The molecule has 0 aromatic heterocycles. The van der Waals surface area contributed by atoms with Gasteiger partial charge in [0.05, 0.1) is 18.8 Å². The standard InChI is InChI=1S/C15H23NO3/c1-16-10-12-6-7-13(17)9-15(12,18)11-4-3-5-14(8-11)19-2/h3-5,8,12-13,16-18H,6-7,9-10H2,1-2H3/t12-,13-,15+/m1/s1. The molecular formula is C15H23NO3. The minimum absolute atomic E-state index is 0.105. The van der Waals surface area contributed by atoms with Crippen molar-refractivity contribution in [3.63, 3.8) is 0 Å². The molecule has 0 bridgehead atoms. The van der Waals surface area contributed by atoms with Crippen LogP contribution in [0.2, 0.25) is 0 Å². The predicted molar refractivity (Wildman–Crippen MR) is 74.2 cm³/mol. The second kappa shape index (κ2) is 5.90. The lowest BCUT2D eigenvalue weighted by molar-refractivity contribution is -0.0926. The van der Waals surface area contributed by atoms with Gasteiger partial charge >= 0.3 is 0 Å². The fraction of sp³-hybridized carbons (Fsp3) is 0.600. The summed E-state index contributed by atoms with van der Waals surface area (Å²) in [5.41, 5.74) is -0.166. The van der Waals surface area contributed by atoms with Gasteiger partial charge in [-0.2, -0.15) is 0 Å². The van der Waals surface area contributed by atoms with Crippen LogP contribution in [0, 0.1) is 5.92 Å². The molecule has 0 unspecified atom stereocenters. The highest BCUT2D eigenvalue weighted by molar-refractivity contribution is 5.33. The van der Waals surface area contributed by atoms with Gasteiger partial charge in [-0.3, -0.25) is 0 Å². The Balaban J connectivity index is 2.34. The molecule has 19 heavy (non-hydrogen) atoms. The molecule has 1 aromatic rings. The van der Waals surface area contributed by atoms with E-state index in [1.165, 1.54) is 0 Å². The zero-order valence-corrected chi connectivity index (χ0v) is 11.6. The summed E-state index contributed by atoms with van der Waals surface area (Å²) in [5.74, 6) is 0.835. The summed E-state index contributed by atoms with van der Waals surface area (Å²) in [6.07, 6.45) is 1.50. The Hall–Kier alpha value is -1.10. The highest BCUT2D eigenvalue weighted by Crippen LogP contribution is 2.42. The van der Waals surface area contributed by atoms with E-state index >= 15 is 0 Å². The number of aliphatic hydroxyl groups excluding tert-OH is 1. The average molecular weight is 265 g/mol. The van der Waals surface area contributed by atoms with Crippen LogP contribution in [0.15, 0.2) is 24.3 Å². The lowest BCUT2D eigenvalue weighted by Gasteiger charge is -2.42. The van der Waals surface area contributed by atoms with E-state index in [0.717, 1.165) is 30.7 Å². The molecule has 1 saturated carbocycles. The molecule has 4 heteroatoms.